The number of fused-ring (bicyclic) bond motifs is 1. The highest BCUT2D eigenvalue weighted by Crippen LogP contribution is 2.26. The van der Waals surface area contributed by atoms with Gasteiger partial charge in [0.15, 0.2) is 0 Å². The highest BCUT2D eigenvalue weighted by Gasteiger charge is 2.20. The molecule has 0 aromatic carbocycles. The summed E-state index contributed by atoms with van der Waals surface area (Å²) in [5.74, 6) is 0.958. The number of aryl methyl sites for hydroxylation is 1. The number of hydrogen-bond donors (Lipinski definition) is 0. The van der Waals surface area contributed by atoms with Gasteiger partial charge >= 0.3 is 5.63 Å². The van der Waals surface area contributed by atoms with Gasteiger partial charge in [-0.1, -0.05) is 20.3 Å². The Labute approximate surface area is 103 Å². The van der Waals surface area contributed by atoms with Crippen molar-refractivity contribution in [2.24, 2.45) is 0 Å². The Kier molecular flexibility index (Phi) is 4.03. The van der Waals surface area contributed by atoms with E-state index in [2.05, 4.69) is 13.8 Å². The first kappa shape index (κ1) is 12.4. The van der Waals surface area contributed by atoms with Crippen LogP contribution in [0.1, 0.15) is 62.0 Å². The molecule has 17 heavy (non-hydrogen) atoms. The summed E-state index contributed by atoms with van der Waals surface area (Å²) < 4.78 is 5.54. The molecule has 1 aromatic rings. The van der Waals surface area contributed by atoms with Crippen molar-refractivity contribution in [3.63, 3.8) is 0 Å². The van der Waals surface area contributed by atoms with Crippen molar-refractivity contribution in [1.29, 1.82) is 0 Å². The molecule has 0 spiro atoms. The van der Waals surface area contributed by atoms with Gasteiger partial charge in [0.1, 0.15) is 5.76 Å². The Balaban J connectivity index is 2.53. The summed E-state index contributed by atoms with van der Waals surface area (Å²) in [5.41, 5.74) is 3.59. The van der Waals surface area contributed by atoms with Crippen LogP contribution < -0.4 is 5.63 Å². The summed E-state index contributed by atoms with van der Waals surface area (Å²) in [6, 6.07) is 0. The molecule has 0 N–H and O–H groups in total. The number of rotatable bonds is 4. The van der Waals surface area contributed by atoms with Crippen molar-refractivity contribution in [3.8, 4) is 0 Å². The van der Waals surface area contributed by atoms with Gasteiger partial charge in [-0.25, -0.2) is 4.79 Å². The summed E-state index contributed by atoms with van der Waals surface area (Å²) in [6.45, 7) is 4.32. The van der Waals surface area contributed by atoms with Gasteiger partial charge in [-0.3, -0.25) is 0 Å². The standard InChI is InChI=1S/C15H22O2/c1-3-7-12-11-9-5-6-10-13(11)15(16)17-14(12)8-4-2/h3-10H2,1-2H3. The van der Waals surface area contributed by atoms with E-state index in [-0.39, 0.29) is 5.63 Å². The number of hydrogen-bond acceptors (Lipinski definition) is 2. The summed E-state index contributed by atoms with van der Waals surface area (Å²) >= 11 is 0. The zero-order valence-corrected chi connectivity index (χ0v) is 11.0. The van der Waals surface area contributed by atoms with E-state index in [9.17, 15) is 4.79 Å². The van der Waals surface area contributed by atoms with Crippen LogP contribution in [0.25, 0.3) is 0 Å². The molecule has 0 saturated heterocycles. The third kappa shape index (κ3) is 2.46. The van der Waals surface area contributed by atoms with Gasteiger partial charge in [0.05, 0.1) is 0 Å². The molecule has 0 aliphatic heterocycles. The van der Waals surface area contributed by atoms with E-state index in [1.54, 1.807) is 0 Å². The van der Waals surface area contributed by atoms with Crippen molar-refractivity contribution in [1.82, 2.24) is 0 Å². The Morgan fingerprint density at radius 2 is 1.65 bits per heavy atom. The zero-order valence-electron chi connectivity index (χ0n) is 11.0. The van der Waals surface area contributed by atoms with Gasteiger partial charge in [-0.15, -0.1) is 0 Å². The quantitative estimate of drug-likeness (QED) is 0.799. The normalized spacial score (nSPS) is 14.7. The minimum atomic E-state index is -0.0667. The summed E-state index contributed by atoms with van der Waals surface area (Å²) in [5, 5.41) is 0. The minimum Gasteiger partial charge on any atom is -0.427 e. The van der Waals surface area contributed by atoms with Crippen LogP contribution in [0.5, 0.6) is 0 Å². The average Bonchev–Trinajstić information content (AvgIpc) is 2.34. The van der Waals surface area contributed by atoms with Crippen LogP contribution in [0, 0.1) is 0 Å². The molecule has 1 heterocycles. The van der Waals surface area contributed by atoms with Crippen molar-refractivity contribution in [2.45, 2.75) is 65.2 Å². The van der Waals surface area contributed by atoms with Crippen molar-refractivity contribution in [3.05, 3.63) is 32.9 Å². The van der Waals surface area contributed by atoms with E-state index in [1.807, 2.05) is 0 Å². The maximum atomic E-state index is 11.9. The van der Waals surface area contributed by atoms with Crippen LogP contribution in [0.2, 0.25) is 0 Å². The molecule has 0 unspecified atom stereocenters. The van der Waals surface area contributed by atoms with E-state index >= 15 is 0 Å². The molecule has 94 valence electrons. The molecular formula is C15H22O2. The fraction of sp³-hybridized carbons (Fsp3) is 0.667. The largest absolute Gasteiger partial charge is 0.427 e. The Morgan fingerprint density at radius 3 is 2.29 bits per heavy atom. The van der Waals surface area contributed by atoms with Crippen LogP contribution in [0.15, 0.2) is 9.21 Å². The molecule has 0 amide bonds. The van der Waals surface area contributed by atoms with Gasteiger partial charge in [-0.2, -0.15) is 0 Å². The van der Waals surface area contributed by atoms with E-state index < -0.39 is 0 Å². The molecular weight excluding hydrogens is 212 g/mol. The maximum absolute atomic E-state index is 11.9. The Hall–Kier alpha value is -1.05. The second kappa shape index (κ2) is 5.52. The predicted molar refractivity (Wildman–Crippen MR) is 69.6 cm³/mol. The lowest BCUT2D eigenvalue weighted by Crippen LogP contribution is -2.20. The maximum Gasteiger partial charge on any atom is 0.339 e. The fourth-order valence-corrected chi connectivity index (χ4v) is 2.84. The second-order valence-corrected chi connectivity index (χ2v) is 4.96. The molecule has 2 nitrogen and oxygen atoms in total. The van der Waals surface area contributed by atoms with Gasteiger partial charge in [0, 0.05) is 12.0 Å². The van der Waals surface area contributed by atoms with Crippen LogP contribution in [-0.2, 0) is 25.7 Å². The molecule has 2 rings (SSSR count). The van der Waals surface area contributed by atoms with Gasteiger partial charge in [-0.05, 0) is 49.7 Å². The van der Waals surface area contributed by atoms with E-state index in [4.69, 9.17) is 4.42 Å². The first-order valence-corrected chi connectivity index (χ1v) is 6.94. The molecule has 0 radical (unpaired) electrons. The van der Waals surface area contributed by atoms with Crippen LogP contribution in [0.3, 0.4) is 0 Å². The van der Waals surface area contributed by atoms with E-state index in [0.717, 1.165) is 56.3 Å². The van der Waals surface area contributed by atoms with Crippen molar-refractivity contribution >= 4 is 0 Å². The Morgan fingerprint density at radius 1 is 1.00 bits per heavy atom. The predicted octanol–water partition coefficient (Wildman–Crippen LogP) is 3.42. The summed E-state index contributed by atoms with van der Waals surface area (Å²) in [7, 11) is 0. The van der Waals surface area contributed by atoms with Crippen LogP contribution in [0.4, 0.5) is 0 Å². The molecule has 1 aliphatic carbocycles. The van der Waals surface area contributed by atoms with Crippen LogP contribution in [-0.4, -0.2) is 0 Å². The first-order valence-electron chi connectivity index (χ1n) is 6.94. The van der Waals surface area contributed by atoms with Crippen molar-refractivity contribution in [2.75, 3.05) is 0 Å². The van der Waals surface area contributed by atoms with Gasteiger partial charge < -0.3 is 4.42 Å². The highest BCUT2D eigenvalue weighted by molar-refractivity contribution is 5.36. The smallest absolute Gasteiger partial charge is 0.339 e. The molecule has 1 aliphatic rings. The van der Waals surface area contributed by atoms with Crippen molar-refractivity contribution < 1.29 is 4.42 Å². The lowest BCUT2D eigenvalue weighted by Gasteiger charge is -2.20. The first-order chi connectivity index (χ1) is 8.27. The molecule has 1 aromatic heterocycles. The zero-order chi connectivity index (χ0) is 12.3. The molecule has 0 fully saturated rings. The molecule has 0 atom stereocenters. The third-order valence-electron chi connectivity index (χ3n) is 3.61. The lowest BCUT2D eigenvalue weighted by molar-refractivity contribution is 0.431. The Bertz CT molecular complexity index is 443. The third-order valence-corrected chi connectivity index (χ3v) is 3.61. The lowest BCUT2D eigenvalue weighted by atomic mass is 9.87. The highest BCUT2D eigenvalue weighted by atomic mass is 16.4. The van der Waals surface area contributed by atoms with E-state index in [0.29, 0.717) is 0 Å². The molecule has 2 heteroatoms. The summed E-state index contributed by atoms with van der Waals surface area (Å²) in [4.78, 5) is 11.9. The fourth-order valence-electron chi connectivity index (χ4n) is 2.84. The molecule has 0 bridgehead atoms. The topological polar surface area (TPSA) is 30.2 Å². The minimum absolute atomic E-state index is 0.0667. The second-order valence-electron chi connectivity index (χ2n) is 4.96. The van der Waals surface area contributed by atoms with Gasteiger partial charge in [0.2, 0.25) is 0 Å². The van der Waals surface area contributed by atoms with Gasteiger partial charge in [0.25, 0.3) is 0 Å². The molecule has 0 saturated carbocycles. The van der Waals surface area contributed by atoms with E-state index in [1.165, 1.54) is 17.5 Å². The SMILES string of the molecule is CCCc1oc(=O)c2c(c1CCC)CCCC2. The monoisotopic (exact) mass is 234 g/mol. The summed E-state index contributed by atoms with van der Waals surface area (Å²) in [6.07, 6.45) is 8.47. The van der Waals surface area contributed by atoms with Crippen LogP contribution >= 0.6 is 0 Å². The average molecular weight is 234 g/mol.